The number of aliphatic hydroxyl groups is 2. The number of esters is 1. The van der Waals surface area contributed by atoms with Crippen molar-refractivity contribution in [1.82, 2.24) is 0 Å². The fourth-order valence-corrected chi connectivity index (χ4v) is 1.71. The van der Waals surface area contributed by atoms with Crippen molar-refractivity contribution in [3.63, 3.8) is 0 Å². The minimum atomic E-state index is -1.45. The van der Waals surface area contributed by atoms with E-state index in [-0.39, 0.29) is 5.97 Å². The van der Waals surface area contributed by atoms with Gasteiger partial charge >= 0.3 is 5.97 Å². The largest absolute Gasteiger partial charge is 0.494 e. The second kappa shape index (κ2) is 9.34. The summed E-state index contributed by atoms with van der Waals surface area (Å²) in [6.45, 7) is 2.80. The molecular formula is C15H22O5. The van der Waals surface area contributed by atoms with Crippen LogP contribution in [0.25, 0.3) is 0 Å². The normalized spacial score (nSPS) is 10.6. The van der Waals surface area contributed by atoms with Crippen LogP contribution in [0.2, 0.25) is 0 Å². The van der Waals surface area contributed by atoms with Gasteiger partial charge in [0.25, 0.3) is 0 Å². The van der Waals surface area contributed by atoms with Crippen molar-refractivity contribution in [2.45, 2.75) is 38.9 Å². The summed E-state index contributed by atoms with van der Waals surface area (Å²) in [5.74, 6) is 0.548. The minimum absolute atomic E-state index is 0.147. The maximum absolute atomic E-state index is 11.1. The Morgan fingerprint density at radius 2 is 1.85 bits per heavy atom. The van der Waals surface area contributed by atoms with Gasteiger partial charge in [-0.2, -0.15) is 0 Å². The number of aliphatic hydroxyl groups excluding tert-OH is 1. The SMILES string of the molecule is CCOC(=O)CCCCCOc1ccc(C(O)O)cc1. The molecule has 0 spiro atoms. The molecule has 0 unspecified atom stereocenters. The average Bonchev–Trinajstić information content (AvgIpc) is 2.43. The topological polar surface area (TPSA) is 76.0 Å². The first-order chi connectivity index (χ1) is 9.63. The Kier molecular flexibility index (Phi) is 7.69. The zero-order chi connectivity index (χ0) is 14.8. The van der Waals surface area contributed by atoms with Crippen LogP contribution in [0.3, 0.4) is 0 Å². The third kappa shape index (κ3) is 6.54. The summed E-state index contributed by atoms with van der Waals surface area (Å²) < 4.78 is 10.4. The number of rotatable bonds is 9. The first-order valence-corrected chi connectivity index (χ1v) is 6.88. The van der Waals surface area contributed by atoms with Crippen LogP contribution < -0.4 is 4.74 Å². The minimum Gasteiger partial charge on any atom is -0.494 e. The van der Waals surface area contributed by atoms with Gasteiger partial charge in [-0.15, -0.1) is 0 Å². The molecule has 0 amide bonds. The number of hydrogen-bond donors (Lipinski definition) is 2. The summed E-state index contributed by atoms with van der Waals surface area (Å²) in [7, 11) is 0. The molecule has 0 saturated carbocycles. The number of benzene rings is 1. The van der Waals surface area contributed by atoms with Crippen molar-refractivity contribution in [2.75, 3.05) is 13.2 Å². The molecule has 1 aromatic rings. The van der Waals surface area contributed by atoms with Crippen LogP contribution in [0, 0.1) is 0 Å². The number of carbonyl (C=O) groups is 1. The first kappa shape index (κ1) is 16.5. The zero-order valence-corrected chi connectivity index (χ0v) is 11.7. The molecule has 0 aliphatic rings. The summed E-state index contributed by atoms with van der Waals surface area (Å²) in [6, 6.07) is 6.63. The lowest BCUT2D eigenvalue weighted by Gasteiger charge is -2.08. The number of carbonyl (C=O) groups excluding carboxylic acids is 1. The van der Waals surface area contributed by atoms with Gasteiger partial charge in [-0.25, -0.2) is 0 Å². The summed E-state index contributed by atoms with van der Waals surface area (Å²) in [5, 5.41) is 17.9. The predicted molar refractivity (Wildman–Crippen MR) is 74.2 cm³/mol. The molecule has 20 heavy (non-hydrogen) atoms. The van der Waals surface area contributed by atoms with E-state index in [2.05, 4.69) is 0 Å². The van der Waals surface area contributed by atoms with Crippen molar-refractivity contribution < 1.29 is 24.5 Å². The van der Waals surface area contributed by atoms with Gasteiger partial charge < -0.3 is 19.7 Å². The van der Waals surface area contributed by atoms with Gasteiger partial charge in [0.05, 0.1) is 13.2 Å². The molecule has 0 aromatic heterocycles. The van der Waals surface area contributed by atoms with Crippen molar-refractivity contribution in [1.29, 1.82) is 0 Å². The third-order valence-corrected chi connectivity index (χ3v) is 2.78. The third-order valence-electron chi connectivity index (χ3n) is 2.78. The summed E-state index contributed by atoms with van der Waals surface area (Å²) in [5.41, 5.74) is 0.437. The number of unbranched alkanes of at least 4 members (excludes halogenated alkanes) is 2. The maximum Gasteiger partial charge on any atom is 0.305 e. The van der Waals surface area contributed by atoms with E-state index in [9.17, 15) is 4.79 Å². The van der Waals surface area contributed by atoms with Gasteiger partial charge in [0, 0.05) is 12.0 Å². The summed E-state index contributed by atoms with van der Waals surface area (Å²) >= 11 is 0. The van der Waals surface area contributed by atoms with E-state index in [4.69, 9.17) is 19.7 Å². The Balaban J connectivity index is 2.10. The predicted octanol–water partition coefficient (Wildman–Crippen LogP) is 2.17. The molecule has 0 aliphatic carbocycles. The molecule has 0 heterocycles. The Bertz CT molecular complexity index is 386. The number of hydrogen-bond acceptors (Lipinski definition) is 5. The second-order valence-electron chi connectivity index (χ2n) is 4.41. The second-order valence-corrected chi connectivity index (χ2v) is 4.41. The molecule has 0 aliphatic heterocycles. The van der Waals surface area contributed by atoms with E-state index in [0.29, 0.717) is 30.9 Å². The summed E-state index contributed by atoms with van der Waals surface area (Å²) in [4.78, 5) is 11.1. The lowest BCUT2D eigenvalue weighted by atomic mass is 10.2. The van der Waals surface area contributed by atoms with Crippen molar-refractivity contribution in [3.8, 4) is 5.75 Å². The van der Waals surface area contributed by atoms with Gasteiger partial charge in [0.2, 0.25) is 0 Å². The van der Waals surface area contributed by atoms with E-state index in [1.807, 2.05) is 0 Å². The lowest BCUT2D eigenvalue weighted by molar-refractivity contribution is -0.143. The molecule has 2 N–H and O–H groups in total. The van der Waals surface area contributed by atoms with Gasteiger partial charge in [-0.1, -0.05) is 12.1 Å². The highest BCUT2D eigenvalue weighted by atomic mass is 16.5. The average molecular weight is 282 g/mol. The van der Waals surface area contributed by atoms with E-state index in [1.54, 1.807) is 31.2 Å². The maximum atomic E-state index is 11.1. The van der Waals surface area contributed by atoms with Gasteiger partial charge in [0.1, 0.15) is 5.75 Å². The van der Waals surface area contributed by atoms with Crippen LogP contribution in [0.1, 0.15) is 44.5 Å². The van der Waals surface area contributed by atoms with Crippen LogP contribution in [0.15, 0.2) is 24.3 Å². The molecular weight excluding hydrogens is 260 g/mol. The molecule has 0 radical (unpaired) electrons. The first-order valence-electron chi connectivity index (χ1n) is 6.88. The fraction of sp³-hybridized carbons (Fsp3) is 0.533. The molecule has 5 nitrogen and oxygen atoms in total. The van der Waals surface area contributed by atoms with E-state index in [1.165, 1.54) is 0 Å². The molecule has 1 aromatic carbocycles. The van der Waals surface area contributed by atoms with Crippen LogP contribution in [-0.2, 0) is 9.53 Å². The number of ether oxygens (including phenoxy) is 2. The Hall–Kier alpha value is -1.59. The highest BCUT2D eigenvalue weighted by Gasteiger charge is 2.03. The molecule has 0 saturated heterocycles. The molecule has 0 atom stereocenters. The van der Waals surface area contributed by atoms with Gasteiger partial charge in [-0.05, 0) is 38.3 Å². The van der Waals surface area contributed by atoms with E-state index in [0.717, 1.165) is 19.3 Å². The molecule has 0 fully saturated rings. The Labute approximate surface area is 119 Å². The summed E-state index contributed by atoms with van der Waals surface area (Å²) in [6.07, 6.45) is 1.58. The van der Waals surface area contributed by atoms with Crippen molar-refractivity contribution in [3.05, 3.63) is 29.8 Å². The monoisotopic (exact) mass is 282 g/mol. The smallest absolute Gasteiger partial charge is 0.305 e. The van der Waals surface area contributed by atoms with E-state index < -0.39 is 6.29 Å². The zero-order valence-electron chi connectivity index (χ0n) is 11.7. The quantitative estimate of drug-likeness (QED) is 0.412. The van der Waals surface area contributed by atoms with Gasteiger partial charge in [0.15, 0.2) is 6.29 Å². The molecule has 5 heteroatoms. The van der Waals surface area contributed by atoms with Crippen molar-refractivity contribution >= 4 is 5.97 Å². The van der Waals surface area contributed by atoms with Crippen LogP contribution in [0.5, 0.6) is 5.75 Å². The van der Waals surface area contributed by atoms with Crippen LogP contribution in [-0.4, -0.2) is 29.4 Å². The Morgan fingerprint density at radius 3 is 2.45 bits per heavy atom. The molecule has 112 valence electrons. The Morgan fingerprint density at radius 1 is 1.15 bits per heavy atom. The molecule has 1 rings (SSSR count). The van der Waals surface area contributed by atoms with Gasteiger partial charge in [-0.3, -0.25) is 4.79 Å². The van der Waals surface area contributed by atoms with E-state index >= 15 is 0 Å². The highest BCUT2D eigenvalue weighted by Crippen LogP contribution is 2.16. The molecule has 0 bridgehead atoms. The fourth-order valence-electron chi connectivity index (χ4n) is 1.71. The van der Waals surface area contributed by atoms with Crippen LogP contribution in [0.4, 0.5) is 0 Å². The van der Waals surface area contributed by atoms with Crippen molar-refractivity contribution in [2.24, 2.45) is 0 Å². The standard InChI is InChI=1S/C15H22O5/c1-2-19-14(16)6-4-3-5-11-20-13-9-7-12(8-10-13)15(17)18/h7-10,15,17-18H,2-6,11H2,1H3. The highest BCUT2D eigenvalue weighted by molar-refractivity contribution is 5.69. The van der Waals surface area contributed by atoms with Crippen LogP contribution >= 0.6 is 0 Å². The lowest BCUT2D eigenvalue weighted by Crippen LogP contribution is -2.04.